The van der Waals surface area contributed by atoms with Gasteiger partial charge in [-0.25, -0.2) is 0 Å². The van der Waals surface area contributed by atoms with Crippen molar-refractivity contribution in [2.45, 2.75) is 26.3 Å². The number of carboxylic acids is 1. The van der Waals surface area contributed by atoms with Gasteiger partial charge in [-0.1, -0.05) is 18.2 Å². The summed E-state index contributed by atoms with van der Waals surface area (Å²) in [5.41, 5.74) is 3.21. The summed E-state index contributed by atoms with van der Waals surface area (Å²) >= 11 is 0. The molecule has 1 aromatic heterocycles. The van der Waals surface area contributed by atoms with Gasteiger partial charge in [0.2, 0.25) is 0 Å². The summed E-state index contributed by atoms with van der Waals surface area (Å²) in [5.74, 6) is -0.744. The minimum atomic E-state index is -0.744. The first-order chi connectivity index (χ1) is 9.16. The van der Waals surface area contributed by atoms with Gasteiger partial charge in [0.15, 0.2) is 0 Å². The highest BCUT2D eigenvalue weighted by molar-refractivity contribution is 5.82. The molecule has 4 nitrogen and oxygen atoms in total. The van der Waals surface area contributed by atoms with Crippen molar-refractivity contribution >= 4 is 16.9 Å². The average molecular weight is 258 g/mol. The minimum Gasteiger partial charge on any atom is -0.481 e. The van der Waals surface area contributed by atoms with Gasteiger partial charge in [-0.15, -0.1) is 0 Å². The van der Waals surface area contributed by atoms with Crippen LogP contribution >= 0.6 is 0 Å². The fourth-order valence-corrected chi connectivity index (χ4v) is 2.13. The number of fused-ring (bicyclic) bond motifs is 1. The third-order valence-corrected chi connectivity index (χ3v) is 2.99. The molecule has 0 aliphatic rings. The van der Waals surface area contributed by atoms with Gasteiger partial charge >= 0.3 is 5.97 Å². The van der Waals surface area contributed by atoms with Gasteiger partial charge in [0.1, 0.15) is 0 Å². The topological polar surface area (TPSA) is 62.2 Å². The van der Waals surface area contributed by atoms with Crippen molar-refractivity contribution in [1.82, 2.24) is 10.3 Å². The lowest BCUT2D eigenvalue weighted by Crippen LogP contribution is -2.16. The first-order valence-corrected chi connectivity index (χ1v) is 6.44. The maximum atomic E-state index is 10.4. The number of carbonyl (C=O) groups is 1. The Morgan fingerprint density at radius 1 is 1.37 bits per heavy atom. The van der Waals surface area contributed by atoms with E-state index in [1.54, 1.807) is 0 Å². The summed E-state index contributed by atoms with van der Waals surface area (Å²) in [6.07, 6.45) is 0.862. The van der Waals surface area contributed by atoms with Crippen LogP contribution in [-0.4, -0.2) is 22.6 Å². The van der Waals surface area contributed by atoms with Crippen LogP contribution in [0.25, 0.3) is 10.9 Å². The first-order valence-electron chi connectivity index (χ1n) is 6.44. The monoisotopic (exact) mass is 258 g/mol. The summed E-state index contributed by atoms with van der Waals surface area (Å²) < 4.78 is 0. The molecule has 0 saturated carbocycles. The third kappa shape index (κ3) is 3.76. The second-order valence-corrected chi connectivity index (χ2v) is 4.61. The SMILES string of the molecule is Cc1cc(CNCCCC(=O)O)c2ccccc2n1. The van der Waals surface area contributed by atoms with Crippen LogP contribution in [0, 0.1) is 6.92 Å². The Labute approximate surface area is 112 Å². The average Bonchev–Trinajstić information content (AvgIpc) is 2.37. The van der Waals surface area contributed by atoms with Crippen molar-refractivity contribution in [3.8, 4) is 0 Å². The second-order valence-electron chi connectivity index (χ2n) is 4.61. The number of aryl methyl sites for hydroxylation is 1. The van der Waals surface area contributed by atoms with E-state index < -0.39 is 5.97 Å². The zero-order valence-electron chi connectivity index (χ0n) is 11.0. The number of nitrogens with zero attached hydrogens (tertiary/aromatic N) is 1. The zero-order chi connectivity index (χ0) is 13.7. The first kappa shape index (κ1) is 13.5. The number of hydrogen-bond donors (Lipinski definition) is 2. The molecule has 2 rings (SSSR count). The van der Waals surface area contributed by atoms with Crippen molar-refractivity contribution in [1.29, 1.82) is 0 Å². The van der Waals surface area contributed by atoms with Crippen LogP contribution in [0.5, 0.6) is 0 Å². The summed E-state index contributed by atoms with van der Waals surface area (Å²) in [6.45, 7) is 3.44. The van der Waals surface area contributed by atoms with Gasteiger partial charge in [0.25, 0.3) is 0 Å². The highest BCUT2D eigenvalue weighted by Crippen LogP contribution is 2.17. The summed E-state index contributed by atoms with van der Waals surface area (Å²) in [7, 11) is 0. The highest BCUT2D eigenvalue weighted by Gasteiger charge is 2.03. The van der Waals surface area contributed by atoms with E-state index in [-0.39, 0.29) is 6.42 Å². The van der Waals surface area contributed by atoms with Crippen molar-refractivity contribution < 1.29 is 9.90 Å². The van der Waals surface area contributed by atoms with Crippen LogP contribution in [0.15, 0.2) is 30.3 Å². The number of pyridine rings is 1. The number of aromatic nitrogens is 1. The van der Waals surface area contributed by atoms with Crippen LogP contribution in [0.1, 0.15) is 24.1 Å². The maximum Gasteiger partial charge on any atom is 0.303 e. The number of aliphatic carboxylic acids is 1. The van der Waals surface area contributed by atoms with E-state index in [1.165, 1.54) is 5.56 Å². The molecular formula is C15H18N2O2. The minimum absolute atomic E-state index is 0.211. The molecule has 0 aliphatic carbocycles. The van der Waals surface area contributed by atoms with E-state index in [4.69, 9.17) is 5.11 Å². The van der Waals surface area contributed by atoms with Gasteiger partial charge in [-0.2, -0.15) is 0 Å². The number of para-hydroxylation sites is 1. The van der Waals surface area contributed by atoms with E-state index in [9.17, 15) is 4.79 Å². The maximum absolute atomic E-state index is 10.4. The molecular weight excluding hydrogens is 240 g/mol. The quantitative estimate of drug-likeness (QED) is 0.781. The molecule has 1 aromatic carbocycles. The van der Waals surface area contributed by atoms with Crippen molar-refractivity contribution in [3.05, 3.63) is 41.6 Å². The predicted octanol–water partition coefficient (Wildman–Crippen LogP) is 2.50. The van der Waals surface area contributed by atoms with E-state index in [0.29, 0.717) is 13.0 Å². The standard InChI is InChI=1S/C15H18N2O2/c1-11-9-12(10-16-8-4-7-15(18)19)13-5-2-3-6-14(13)17-11/h2-3,5-6,9,16H,4,7-8,10H2,1H3,(H,18,19). The van der Waals surface area contributed by atoms with Crippen LogP contribution in [-0.2, 0) is 11.3 Å². The van der Waals surface area contributed by atoms with Crippen LogP contribution in [0.4, 0.5) is 0 Å². The number of carboxylic acid groups (broad SMARTS) is 1. The molecule has 4 heteroatoms. The molecule has 0 atom stereocenters. The van der Waals surface area contributed by atoms with Gasteiger partial charge < -0.3 is 10.4 Å². The van der Waals surface area contributed by atoms with E-state index in [2.05, 4.69) is 22.4 Å². The fraction of sp³-hybridized carbons (Fsp3) is 0.333. The molecule has 0 bridgehead atoms. The molecule has 0 fully saturated rings. The van der Waals surface area contributed by atoms with Gasteiger partial charge in [-0.3, -0.25) is 9.78 Å². The van der Waals surface area contributed by atoms with E-state index in [1.807, 2.05) is 25.1 Å². The summed E-state index contributed by atoms with van der Waals surface area (Å²) in [6, 6.07) is 10.1. The molecule has 2 aromatic rings. The van der Waals surface area contributed by atoms with Gasteiger partial charge in [0.05, 0.1) is 5.52 Å². The fourth-order valence-electron chi connectivity index (χ4n) is 2.13. The molecule has 0 aliphatic heterocycles. The Morgan fingerprint density at radius 3 is 2.95 bits per heavy atom. The second kappa shape index (κ2) is 6.29. The van der Waals surface area contributed by atoms with Crippen molar-refractivity contribution in [3.63, 3.8) is 0 Å². The number of hydrogen-bond acceptors (Lipinski definition) is 3. The molecule has 100 valence electrons. The van der Waals surface area contributed by atoms with Gasteiger partial charge in [0, 0.05) is 24.0 Å². The van der Waals surface area contributed by atoms with Crippen molar-refractivity contribution in [2.24, 2.45) is 0 Å². The van der Waals surface area contributed by atoms with Crippen LogP contribution < -0.4 is 5.32 Å². The number of rotatable bonds is 6. The van der Waals surface area contributed by atoms with Gasteiger partial charge in [-0.05, 0) is 37.6 Å². The van der Waals surface area contributed by atoms with Crippen molar-refractivity contribution in [2.75, 3.05) is 6.54 Å². The molecule has 19 heavy (non-hydrogen) atoms. The normalized spacial score (nSPS) is 10.8. The molecule has 2 N–H and O–H groups in total. The lowest BCUT2D eigenvalue weighted by atomic mass is 10.1. The van der Waals surface area contributed by atoms with Crippen LogP contribution in [0.3, 0.4) is 0 Å². The Morgan fingerprint density at radius 2 is 2.16 bits per heavy atom. The Kier molecular flexibility index (Phi) is 4.47. The molecule has 1 heterocycles. The molecule has 0 spiro atoms. The smallest absolute Gasteiger partial charge is 0.303 e. The van der Waals surface area contributed by atoms with E-state index in [0.717, 1.165) is 23.1 Å². The largest absolute Gasteiger partial charge is 0.481 e. The summed E-state index contributed by atoms with van der Waals surface area (Å²) in [5, 5.41) is 13.0. The highest BCUT2D eigenvalue weighted by atomic mass is 16.4. The molecule has 0 amide bonds. The lowest BCUT2D eigenvalue weighted by molar-refractivity contribution is -0.137. The number of benzene rings is 1. The molecule has 0 unspecified atom stereocenters. The summed E-state index contributed by atoms with van der Waals surface area (Å²) in [4.78, 5) is 14.9. The Bertz CT molecular complexity index is 581. The predicted molar refractivity (Wildman–Crippen MR) is 75.1 cm³/mol. The number of nitrogens with one attached hydrogen (secondary N) is 1. The van der Waals surface area contributed by atoms with Crippen LogP contribution in [0.2, 0.25) is 0 Å². The molecule has 0 saturated heterocycles. The Hall–Kier alpha value is -1.94. The van der Waals surface area contributed by atoms with E-state index >= 15 is 0 Å². The Balaban J connectivity index is 2.02. The molecule has 0 radical (unpaired) electrons. The lowest BCUT2D eigenvalue weighted by Gasteiger charge is -2.09. The zero-order valence-corrected chi connectivity index (χ0v) is 11.0. The third-order valence-electron chi connectivity index (χ3n) is 2.99.